The van der Waals surface area contributed by atoms with Gasteiger partial charge >= 0.3 is 0 Å². The van der Waals surface area contributed by atoms with Gasteiger partial charge in [-0.3, -0.25) is 14.7 Å². The van der Waals surface area contributed by atoms with Crippen LogP contribution in [0.5, 0.6) is 0 Å². The molecule has 1 amide bonds. The Morgan fingerprint density at radius 1 is 1.30 bits per heavy atom. The zero-order valence-corrected chi connectivity index (χ0v) is 20.7. The van der Waals surface area contributed by atoms with E-state index in [1.54, 1.807) is 0 Å². The molecule has 0 radical (unpaired) electrons. The Balaban J connectivity index is 1.65. The van der Waals surface area contributed by atoms with Crippen LogP contribution in [0.25, 0.3) is 0 Å². The number of benzene rings is 1. The van der Waals surface area contributed by atoms with Crippen LogP contribution in [-0.4, -0.2) is 54.9 Å². The van der Waals surface area contributed by atoms with Gasteiger partial charge < -0.3 is 21.1 Å². The molecule has 1 aromatic rings. The molecular formula is C26H39N5O2. The summed E-state index contributed by atoms with van der Waals surface area (Å²) < 4.78 is 5.67. The molecule has 1 unspecified atom stereocenters. The lowest BCUT2D eigenvalue weighted by molar-refractivity contribution is -0.114. The van der Waals surface area contributed by atoms with Crippen molar-refractivity contribution >= 4 is 11.6 Å². The number of carbonyl (C=O) groups is 1. The van der Waals surface area contributed by atoms with Crippen LogP contribution < -0.4 is 16.4 Å². The van der Waals surface area contributed by atoms with Crippen molar-refractivity contribution in [3.63, 3.8) is 0 Å². The standard InChI is InChI=1S/C26H39N5O2/c1-6-17(2)25(29-14-21-8-7-18(3)19(4)11-21)30-26(32)24(20(5)13-27)28-9-10-31-15-23-12-22(31)16-33-23/h7-8,11,13,22-23,29H,6,9-10,12,14-16,27H2,1-5H3,(H,30,32)/b20-13?,25-17-,28-24?/t22?,23-/m0/s1. The number of nitrogens with zero attached hydrogens (tertiary/aromatic N) is 2. The van der Waals surface area contributed by atoms with E-state index in [-0.39, 0.29) is 5.91 Å². The molecule has 0 aromatic heterocycles. The molecule has 2 heterocycles. The molecule has 1 aromatic carbocycles. The lowest BCUT2D eigenvalue weighted by atomic mass is 10.1. The SMILES string of the molecule is CC/C(C)=C(/NCc1ccc(C)c(C)c1)NC(=O)C(=NCCN1C[C@@H]2CC1CO2)C(C)=CN. The average Bonchev–Trinajstić information content (AvgIpc) is 3.44. The van der Waals surface area contributed by atoms with Crippen LogP contribution >= 0.6 is 0 Å². The van der Waals surface area contributed by atoms with Gasteiger partial charge in [-0.2, -0.15) is 0 Å². The number of allylic oxidation sites excluding steroid dienone is 1. The number of aliphatic imine (C=N–C) groups is 1. The first-order chi connectivity index (χ1) is 15.8. The summed E-state index contributed by atoms with van der Waals surface area (Å²) in [5, 5.41) is 6.47. The highest BCUT2D eigenvalue weighted by Crippen LogP contribution is 2.27. The molecule has 0 aliphatic carbocycles. The normalized spacial score (nSPS) is 21.8. The van der Waals surface area contributed by atoms with Crippen molar-refractivity contribution in [3.8, 4) is 0 Å². The first-order valence-corrected chi connectivity index (χ1v) is 11.9. The van der Waals surface area contributed by atoms with Gasteiger partial charge in [-0.25, -0.2) is 0 Å². The summed E-state index contributed by atoms with van der Waals surface area (Å²) in [6.45, 7) is 13.9. The number of hydrogen-bond acceptors (Lipinski definition) is 6. The zero-order valence-electron chi connectivity index (χ0n) is 20.7. The molecule has 2 aliphatic heterocycles. The number of rotatable bonds is 10. The maximum Gasteiger partial charge on any atom is 0.275 e. The maximum absolute atomic E-state index is 13.2. The molecule has 2 bridgehead atoms. The van der Waals surface area contributed by atoms with Crippen molar-refractivity contribution < 1.29 is 9.53 Å². The Morgan fingerprint density at radius 2 is 2.09 bits per heavy atom. The lowest BCUT2D eigenvalue weighted by Gasteiger charge is -2.25. The number of fused-ring (bicyclic) bond motifs is 2. The molecule has 180 valence electrons. The van der Waals surface area contributed by atoms with Crippen molar-refractivity contribution in [3.05, 3.63) is 58.1 Å². The van der Waals surface area contributed by atoms with E-state index < -0.39 is 0 Å². The molecule has 33 heavy (non-hydrogen) atoms. The summed E-state index contributed by atoms with van der Waals surface area (Å²) in [4.78, 5) is 20.2. The Bertz CT molecular complexity index is 950. The number of ether oxygens (including phenoxy) is 1. The van der Waals surface area contributed by atoms with Crippen molar-refractivity contribution in [2.24, 2.45) is 10.7 Å². The Kier molecular flexibility index (Phi) is 8.69. The van der Waals surface area contributed by atoms with Gasteiger partial charge in [0.2, 0.25) is 0 Å². The first kappa shape index (κ1) is 25.0. The smallest absolute Gasteiger partial charge is 0.275 e. The van der Waals surface area contributed by atoms with E-state index in [4.69, 9.17) is 10.5 Å². The number of morpholine rings is 1. The second-order valence-corrected chi connectivity index (χ2v) is 9.15. The molecule has 0 saturated carbocycles. The van der Waals surface area contributed by atoms with Crippen molar-refractivity contribution in [2.45, 2.75) is 66.2 Å². The van der Waals surface area contributed by atoms with Crippen LogP contribution in [0.2, 0.25) is 0 Å². The van der Waals surface area contributed by atoms with E-state index in [0.29, 0.717) is 36.5 Å². The second-order valence-electron chi connectivity index (χ2n) is 9.15. The van der Waals surface area contributed by atoms with E-state index in [2.05, 4.69) is 59.5 Å². The van der Waals surface area contributed by atoms with Crippen LogP contribution in [0.1, 0.15) is 50.3 Å². The molecule has 7 heteroatoms. The van der Waals surface area contributed by atoms with Crippen LogP contribution in [-0.2, 0) is 16.1 Å². The number of likely N-dealkylation sites (tertiary alicyclic amines) is 1. The lowest BCUT2D eigenvalue weighted by Crippen LogP contribution is -2.39. The van der Waals surface area contributed by atoms with Crippen LogP contribution in [0, 0.1) is 13.8 Å². The van der Waals surface area contributed by atoms with Crippen molar-refractivity contribution in [1.29, 1.82) is 0 Å². The largest absolute Gasteiger partial charge is 0.404 e. The topological polar surface area (TPSA) is 92.0 Å². The molecule has 0 spiro atoms. The molecule has 2 aliphatic rings. The number of nitrogens with two attached hydrogens (primary N) is 1. The van der Waals surface area contributed by atoms with Gasteiger partial charge in [0, 0.05) is 25.7 Å². The number of nitrogens with one attached hydrogen (secondary N) is 2. The summed E-state index contributed by atoms with van der Waals surface area (Å²) >= 11 is 0. The van der Waals surface area contributed by atoms with Crippen LogP contribution in [0.4, 0.5) is 0 Å². The maximum atomic E-state index is 13.2. The number of amides is 1. The number of hydrogen-bond donors (Lipinski definition) is 3. The van der Waals surface area contributed by atoms with Gasteiger partial charge in [0.1, 0.15) is 11.5 Å². The summed E-state index contributed by atoms with van der Waals surface area (Å²) in [6.07, 6.45) is 3.74. The van der Waals surface area contributed by atoms with Gasteiger partial charge in [0.25, 0.3) is 5.91 Å². The number of aryl methyl sites for hydroxylation is 2. The predicted octanol–water partition coefficient (Wildman–Crippen LogP) is 2.93. The van der Waals surface area contributed by atoms with Gasteiger partial charge in [-0.05, 0) is 74.6 Å². The third kappa shape index (κ3) is 6.45. The van der Waals surface area contributed by atoms with E-state index in [9.17, 15) is 4.79 Å². The predicted molar refractivity (Wildman–Crippen MR) is 134 cm³/mol. The third-order valence-electron chi connectivity index (χ3n) is 6.75. The van der Waals surface area contributed by atoms with E-state index in [0.717, 1.165) is 43.9 Å². The quantitative estimate of drug-likeness (QED) is 0.474. The Labute approximate surface area is 198 Å². The summed E-state index contributed by atoms with van der Waals surface area (Å²) in [7, 11) is 0. The summed E-state index contributed by atoms with van der Waals surface area (Å²) in [5.74, 6) is 0.489. The highest BCUT2D eigenvalue weighted by Gasteiger charge is 2.38. The minimum atomic E-state index is -0.240. The minimum absolute atomic E-state index is 0.240. The van der Waals surface area contributed by atoms with Gasteiger partial charge in [-0.15, -0.1) is 0 Å². The molecule has 3 rings (SSSR count). The fourth-order valence-corrected chi connectivity index (χ4v) is 4.25. The molecular weight excluding hydrogens is 414 g/mol. The first-order valence-electron chi connectivity index (χ1n) is 11.9. The summed E-state index contributed by atoms with van der Waals surface area (Å²) in [5.41, 5.74) is 11.6. The van der Waals surface area contributed by atoms with Gasteiger partial charge in [-0.1, -0.05) is 25.1 Å². The average molecular weight is 454 g/mol. The van der Waals surface area contributed by atoms with E-state index in [1.165, 1.54) is 22.9 Å². The van der Waals surface area contributed by atoms with E-state index >= 15 is 0 Å². The zero-order chi connectivity index (χ0) is 24.0. The van der Waals surface area contributed by atoms with Gasteiger partial charge in [0.15, 0.2) is 0 Å². The van der Waals surface area contributed by atoms with Crippen LogP contribution in [0.15, 0.2) is 46.4 Å². The van der Waals surface area contributed by atoms with E-state index in [1.807, 2.05) is 13.8 Å². The van der Waals surface area contributed by atoms with Gasteiger partial charge in [0.05, 0.1) is 19.3 Å². The Morgan fingerprint density at radius 3 is 2.70 bits per heavy atom. The molecule has 7 nitrogen and oxygen atoms in total. The second kappa shape index (κ2) is 11.5. The van der Waals surface area contributed by atoms with Crippen molar-refractivity contribution in [1.82, 2.24) is 15.5 Å². The highest BCUT2D eigenvalue weighted by atomic mass is 16.5. The minimum Gasteiger partial charge on any atom is -0.404 e. The molecule has 4 N–H and O–H groups in total. The molecule has 2 saturated heterocycles. The highest BCUT2D eigenvalue weighted by molar-refractivity contribution is 6.45. The fourth-order valence-electron chi connectivity index (χ4n) is 4.25. The fraction of sp³-hybridized carbons (Fsp3) is 0.538. The number of carbonyl (C=O) groups excluding carboxylic acids is 1. The van der Waals surface area contributed by atoms with Crippen molar-refractivity contribution in [2.75, 3.05) is 26.2 Å². The monoisotopic (exact) mass is 453 g/mol. The van der Waals surface area contributed by atoms with Crippen LogP contribution in [0.3, 0.4) is 0 Å². The molecule has 2 atom stereocenters. The Hall–Kier alpha value is -2.64. The summed E-state index contributed by atoms with van der Waals surface area (Å²) in [6, 6.07) is 6.90. The third-order valence-corrected chi connectivity index (χ3v) is 6.75. The molecule has 2 fully saturated rings.